The molecule has 0 aromatic carbocycles. The first-order valence-electron chi connectivity index (χ1n) is 15.4. The highest BCUT2D eigenvalue weighted by molar-refractivity contribution is 5.80. The van der Waals surface area contributed by atoms with E-state index in [4.69, 9.17) is 0 Å². The quantitative estimate of drug-likeness (QED) is 0.199. The first-order valence-corrected chi connectivity index (χ1v) is 15.4. The van der Waals surface area contributed by atoms with E-state index in [1.165, 1.54) is 35.1 Å². The first kappa shape index (κ1) is 34.8. The van der Waals surface area contributed by atoms with E-state index < -0.39 is 11.4 Å². The minimum atomic E-state index is -0.792. The van der Waals surface area contributed by atoms with Crippen LogP contribution in [0.5, 0.6) is 0 Å². The van der Waals surface area contributed by atoms with Crippen molar-refractivity contribution in [3.05, 3.63) is 130 Å². The Morgan fingerprint density at radius 1 is 0.786 bits per heavy atom. The average Bonchev–Trinajstić information content (AvgIpc) is 2.90. The maximum atomic E-state index is 11.9. The normalized spacial score (nSPS) is 25.2. The molecule has 0 saturated carbocycles. The van der Waals surface area contributed by atoms with Gasteiger partial charge in [-0.05, 0) is 91.6 Å². The molecule has 2 nitrogen and oxygen atoms in total. The van der Waals surface area contributed by atoms with Gasteiger partial charge < -0.3 is 5.11 Å². The van der Waals surface area contributed by atoms with Gasteiger partial charge in [-0.1, -0.05) is 138 Å². The first-order chi connectivity index (χ1) is 19.8. The van der Waals surface area contributed by atoms with E-state index in [9.17, 15) is 9.90 Å². The molecule has 0 saturated heterocycles. The summed E-state index contributed by atoms with van der Waals surface area (Å²) in [6.07, 6.45) is 37.0. The molecule has 0 spiro atoms. The Balaban J connectivity index is 1.91. The standard InChI is InChI=1S/C40H54O2/c1-30(18-12-20-32(3)24-26-36-34(5)22-14-28-39(36,7)8)16-10-11-17-31(2)19-13-21-33(4)25-27-37-35(6)23-15-29-40(37,9)38(41)42/h10-13,16-22,24-27,36H,14-15,23,28-29H2,1-9H3,(H,41,42)/b11-10+,18-12+,19-13+,26-24+,27-25+,30-16+,31-17+,32-20+,33-21+/t36?,40-/m0/s1. The molecule has 0 aliphatic heterocycles. The van der Waals surface area contributed by atoms with Gasteiger partial charge in [0.05, 0.1) is 5.41 Å². The number of allylic oxidation sites excluding steroid dienone is 21. The van der Waals surface area contributed by atoms with Crippen LogP contribution in [0.1, 0.15) is 94.4 Å². The van der Waals surface area contributed by atoms with Gasteiger partial charge in [-0.3, -0.25) is 4.79 Å². The third-order valence-corrected chi connectivity index (χ3v) is 8.67. The summed E-state index contributed by atoms with van der Waals surface area (Å²) in [5.74, 6) is -0.223. The van der Waals surface area contributed by atoms with Crippen LogP contribution in [-0.4, -0.2) is 11.1 Å². The molecule has 2 aliphatic rings. The fourth-order valence-electron chi connectivity index (χ4n) is 5.78. The summed E-state index contributed by atoms with van der Waals surface area (Å²) in [5, 5.41) is 9.79. The highest BCUT2D eigenvalue weighted by Crippen LogP contribution is 2.42. The summed E-state index contributed by atoms with van der Waals surface area (Å²) in [5.41, 5.74) is 7.85. The highest BCUT2D eigenvalue weighted by Gasteiger charge is 2.38. The van der Waals surface area contributed by atoms with Gasteiger partial charge >= 0.3 is 5.97 Å². The van der Waals surface area contributed by atoms with Crippen LogP contribution >= 0.6 is 0 Å². The van der Waals surface area contributed by atoms with Crippen molar-refractivity contribution in [2.75, 3.05) is 0 Å². The summed E-state index contributed by atoms with van der Waals surface area (Å²) < 4.78 is 0. The highest BCUT2D eigenvalue weighted by atomic mass is 16.4. The average molecular weight is 567 g/mol. The van der Waals surface area contributed by atoms with Crippen molar-refractivity contribution in [2.24, 2.45) is 16.7 Å². The third-order valence-electron chi connectivity index (χ3n) is 8.67. The van der Waals surface area contributed by atoms with Gasteiger partial charge in [-0.2, -0.15) is 0 Å². The molecule has 226 valence electrons. The number of aliphatic carboxylic acids is 1. The summed E-state index contributed by atoms with van der Waals surface area (Å²) in [6, 6.07) is 0. The fraction of sp³-hybridized carbons (Fsp3) is 0.425. The van der Waals surface area contributed by atoms with Crippen molar-refractivity contribution in [1.82, 2.24) is 0 Å². The van der Waals surface area contributed by atoms with Crippen molar-refractivity contribution >= 4 is 5.97 Å². The second-order valence-electron chi connectivity index (χ2n) is 13.1. The van der Waals surface area contributed by atoms with Crippen LogP contribution < -0.4 is 0 Å². The SMILES string of the molecule is CC1=CCCC(C)(C)C1/C=C/C(C)=C/C=C/C(C)=C/C=C/C=C(C)/C=C/C=C(C)/C=C/C1=C(C)CCC[C@]1(C)C(=O)O. The zero-order valence-electron chi connectivity index (χ0n) is 27.6. The molecule has 0 heterocycles. The summed E-state index contributed by atoms with van der Waals surface area (Å²) in [6.45, 7) is 19.3. The Morgan fingerprint density at radius 2 is 1.31 bits per heavy atom. The van der Waals surface area contributed by atoms with Gasteiger partial charge in [0.1, 0.15) is 0 Å². The van der Waals surface area contributed by atoms with Crippen LogP contribution in [-0.2, 0) is 4.79 Å². The summed E-state index contributed by atoms with van der Waals surface area (Å²) in [4.78, 5) is 11.9. The summed E-state index contributed by atoms with van der Waals surface area (Å²) in [7, 11) is 0. The zero-order valence-corrected chi connectivity index (χ0v) is 27.6. The molecule has 42 heavy (non-hydrogen) atoms. The predicted molar refractivity (Wildman–Crippen MR) is 183 cm³/mol. The molecular weight excluding hydrogens is 512 g/mol. The molecule has 2 aliphatic carbocycles. The van der Waals surface area contributed by atoms with E-state index in [0.717, 1.165) is 29.6 Å². The van der Waals surface area contributed by atoms with Crippen molar-refractivity contribution < 1.29 is 9.90 Å². The molecule has 0 aromatic rings. The summed E-state index contributed by atoms with van der Waals surface area (Å²) >= 11 is 0. The smallest absolute Gasteiger partial charge is 0.313 e. The van der Waals surface area contributed by atoms with Gasteiger partial charge in [0.2, 0.25) is 0 Å². The molecule has 0 radical (unpaired) electrons. The van der Waals surface area contributed by atoms with Gasteiger partial charge in [-0.25, -0.2) is 0 Å². The van der Waals surface area contributed by atoms with Crippen molar-refractivity contribution in [2.45, 2.75) is 94.4 Å². The zero-order chi connectivity index (χ0) is 31.3. The topological polar surface area (TPSA) is 37.3 Å². The lowest BCUT2D eigenvalue weighted by Gasteiger charge is -2.36. The Morgan fingerprint density at radius 3 is 1.86 bits per heavy atom. The van der Waals surface area contributed by atoms with Crippen LogP contribution in [0.3, 0.4) is 0 Å². The van der Waals surface area contributed by atoms with Gasteiger partial charge in [0, 0.05) is 5.92 Å². The van der Waals surface area contributed by atoms with E-state index in [-0.39, 0.29) is 0 Å². The van der Waals surface area contributed by atoms with Gasteiger partial charge in [0.25, 0.3) is 0 Å². The van der Waals surface area contributed by atoms with Crippen molar-refractivity contribution in [3.8, 4) is 0 Å². The number of hydrogen-bond acceptors (Lipinski definition) is 1. The van der Waals surface area contributed by atoms with E-state index in [1.807, 2.05) is 32.1 Å². The lowest BCUT2D eigenvalue weighted by Crippen LogP contribution is -2.32. The number of carboxylic acids is 1. The van der Waals surface area contributed by atoms with E-state index in [0.29, 0.717) is 17.8 Å². The molecule has 0 amide bonds. The number of carbonyl (C=O) groups is 1. The van der Waals surface area contributed by atoms with Crippen molar-refractivity contribution in [3.63, 3.8) is 0 Å². The lowest BCUT2D eigenvalue weighted by atomic mass is 9.68. The molecule has 0 aromatic heterocycles. The Hall–Kier alpha value is -3.39. The van der Waals surface area contributed by atoms with E-state index in [1.54, 1.807) is 0 Å². The molecule has 1 N–H and O–H groups in total. The maximum absolute atomic E-state index is 11.9. The van der Waals surface area contributed by atoms with Crippen LogP contribution in [0.25, 0.3) is 0 Å². The molecule has 2 heteroatoms. The molecule has 1 unspecified atom stereocenters. The number of carboxylic acid groups (broad SMARTS) is 1. The monoisotopic (exact) mass is 566 g/mol. The minimum Gasteiger partial charge on any atom is -0.481 e. The number of hydrogen-bond donors (Lipinski definition) is 1. The van der Waals surface area contributed by atoms with E-state index in [2.05, 4.69) is 121 Å². The van der Waals surface area contributed by atoms with Crippen LogP contribution in [0.15, 0.2) is 130 Å². The third kappa shape index (κ3) is 10.8. The lowest BCUT2D eigenvalue weighted by molar-refractivity contribution is -0.146. The Labute approximate surface area is 256 Å². The maximum Gasteiger partial charge on any atom is 0.313 e. The second kappa shape index (κ2) is 16.3. The largest absolute Gasteiger partial charge is 0.481 e. The Bertz CT molecular complexity index is 1310. The van der Waals surface area contributed by atoms with Gasteiger partial charge in [0.15, 0.2) is 0 Å². The van der Waals surface area contributed by atoms with Crippen LogP contribution in [0.4, 0.5) is 0 Å². The van der Waals surface area contributed by atoms with Crippen LogP contribution in [0.2, 0.25) is 0 Å². The van der Waals surface area contributed by atoms with E-state index >= 15 is 0 Å². The fourth-order valence-corrected chi connectivity index (χ4v) is 5.78. The molecule has 0 fully saturated rings. The molecule has 0 bridgehead atoms. The number of rotatable bonds is 11. The minimum absolute atomic E-state index is 0.326. The Kier molecular flexibility index (Phi) is 13.5. The molecular formula is C40H54O2. The predicted octanol–water partition coefficient (Wildman–Crippen LogP) is 11.5. The van der Waals surface area contributed by atoms with Gasteiger partial charge in [-0.15, -0.1) is 0 Å². The van der Waals surface area contributed by atoms with Crippen LogP contribution in [0, 0.1) is 16.7 Å². The molecule has 2 rings (SSSR count). The second-order valence-corrected chi connectivity index (χ2v) is 13.1. The molecule has 2 atom stereocenters. The van der Waals surface area contributed by atoms with Crippen molar-refractivity contribution in [1.29, 1.82) is 0 Å².